The molecular weight excluding hydrogens is 249 g/mol. The topological polar surface area (TPSA) is 69.4 Å². The first-order valence-electron chi connectivity index (χ1n) is 4.70. The molecule has 1 aromatic rings. The Morgan fingerprint density at radius 3 is 2.71 bits per heavy atom. The van der Waals surface area contributed by atoms with Crippen LogP contribution in [0.15, 0.2) is 17.0 Å². The van der Waals surface area contributed by atoms with E-state index in [-0.39, 0.29) is 16.1 Å². The predicted molar refractivity (Wildman–Crippen MR) is 60.8 cm³/mol. The van der Waals surface area contributed by atoms with Crippen LogP contribution >= 0.6 is 11.8 Å². The number of ether oxygens (including phenoxy) is 1. The molecule has 0 unspecified atom stereocenters. The number of nitro groups is 1. The van der Waals surface area contributed by atoms with E-state index in [9.17, 15) is 19.3 Å². The molecule has 7 heteroatoms. The van der Waals surface area contributed by atoms with Crippen LogP contribution < -0.4 is 0 Å². The SMILES string of the molecule is CCSc1cc(C(=O)OC)c(F)cc1[N+](=O)[O-]. The zero-order chi connectivity index (χ0) is 13.0. The van der Waals surface area contributed by atoms with Gasteiger partial charge in [-0.05, 0) is 11.8 Å². The first-order chi connectivity index (χ1) is 8.01. The van der Waals surface area contributed by atoms with E-state index >= 15 is 0 Å². The number of esters is 1. The summed E-state index contributed by atoms with van der Waals surface area (Å²) in [5, 5.41) is 10.7. The lowest BCUT2D eigenvalue weighted by Gasteiger charge is -2.05. The van der Waals surface area contributed by atoms with Crippen molar-refractivity contribution in [3.8, 4) is 0 Å². The maximum atomic E-state index is 13.5. The van der Waals surface area contributed by atoms with E-state index in [0.717, 1.165) is 31.0 Å². The molecule has 5 nitrogen and oxygen atoms in total. The molecule has 17 heavy (non-hydrogen) atoms. The molecule has 0 bridgehead atoms. The molecule has 0 fully saturated rings. The van der Waals surface area contributed by atoms with Gasteiger partial charge in [0.2, 0.25) is 0 Å². The summed E-state index contributed by atoms with van der Waals surface area (Å²) in [5.41, 5.74) is -0.643. The molecule has 0 aliphatic carbocycles. The minimum absolute atomic E-state index is 0.249. The number of halogens is 1. The van der Waals surface area contributed by atoms with Crippen LogP contribution in [0.4, 0.5) is 10.1 Å². The van der Waals surface area contributed by atoms with Crippen molar-refractivity contribution < 1.29 is 18.8 Å². The van der Waals surface area contributed by atoms with Crippen molar-refractivity contribution in [2.45, 2.75) is 11.8 Å². The van der Waals surface area contributed by atoms with Gasteiger partial charge >= 0.3 is 5.97 Å². The average molecular weight is 259 g/mol. The fourth-order valence-corrected chi connectivity index (χ4v) is 2.02. The minimum atomic E-state index is -0.955. The Morgan fingerprint density at radius 2 is 2.24 bits per heavy atom. The van der Waals surface area contributed by atoms with Crippen LogP contribution in [0, 0.1) is 15.9 Å². The summed E-state index contributed by atoms with van der Waals surface area (Å²) in [6.45, 7) is 1.80. The maximum Gasteiger partial charge on any atom is 0.340 e. The van der Waals surface area contributed by atoms with Gasteiger partial charge in [0, 0.05) is 0 Å². The van der Waals surface area contributed by atoms with E-state index in [1.807, 2.05) is 0 Å². The van der Waals surface area contributed by atoms with Crippen LogP contribution in [-0.2, 0) is 4.74 Å². The smallest absolute Gasteiger partial charge is 0.340 e. The Hall–Kier alpha value is -1.63. The van der Waals surface area contributed by atoms with Gasteiger partial charge < -0.3 is 4.74 Å². The van der Waals surface area contributed by atoms with Crippen LogP contribution in [0.1, 0.15) is 17.3 Å². The standard InChI is InChI=1S/C10H10FNO4S/c1-3-17-9-4-6(10(13)16-2)7(11)5-8(9)12(14)15/h4-5H,3H2,1-2H3. The summed E-state index contributed by atoms with van der Waals surface area (Å²) in [5.74, 6) is -1.23. The van der Waals surface area contributed by atoms with Crippen molar-refractivity contribution in [2.75, 3.05) is 12.9 Å². The quantitative estimate of drug-likeness (QED) is 0.360. The minimum Gasteiger partial charge on any atom is -0.465 e. The second-order valence-corrected chi connectivity index (χ2v) is 4.29. The van der Waals surface area contributed by atoms with Crippen molar-refractivity contribution in [2.24, 2.45) is 0 Å². The molecule has 0 heterocycles. The van der Waals surface area contributed by atoms with Gasteiger partial charge in [0.15, 0.2) is 0 Å². The van der Waals surface area contributed by atoms with Crippen molar-refractivity contribution in [1.82, 2.24) is 0 Å². The van der Waals surface area contributed by atoms with Crippen molar-refractivity contribution in [3.63, 3.8) is 0 Å². The molecule has 0 amide bonds. The number of benzene rings is 1. The summed E-state index contributed by atoms with van der Waals surface area (Å²) < 4.78 is 17.8. The molecule has 0 aromatic heterocycles. The van der Waals surface area contributed by atoms with Crippen LogP contribution in [0.5, 0.6) is 0 Å². The molecule has 0 N–H and O–H groups in total. The number of hydrogen-bond donors (Lipinski definition) is 0. The zero-order valence-corrected chi connectivity index (χ0v) is 10.0. The number of methoxy groups -OCH3 is 1. The fourth-order valence-electron chi connectivity index (χ4n) is 1.22. The predicted octanol–water partition coefficient (Wildman–Crippen LogP) is 2.63. The number of nitro benzene ring substituents is 1. The molecule has 0 radical (unpaired) electrons. The van der Waals surface area contributed by atoms with Crippen LogP contribution in [0.2, 0.25) is 0 Å². The van der Waals surface area contributed by atoms with E-state index in [0.29, 0.717) is 5.75 Å². The van der Waals surface area contributed by atoms with Gasteiger partial charge in [0.25, 0.3) is 5.69 Å². The van der Waals surface area contributed by atoms with Gasteiger partial charge in [0.05, 0.1) is 28.6 Å². The Bertz CT molecular complexity index is 464. The summed E-state index contributed by atoms with van der Waals surface area (Å²) in [7, 11) is 1.12. The molecule has 92 valence electrons. The van der Waals surface area contributed by atoms with Crippen molar-refractivity contribution >= 4 is 23.4 Å². The zero-order valence-electron chi connectivity index (χ0n) is 9.23. The third-order valence-corrected chi connectivity index (χ3v) is 2.88. The van der Waals surface area contributed by atoms with Crippen LogP contribution in [0.25, 0.3) is 0 Å². The highest BCUT2D eigenvalue weighted by atomic mass is 32.2. The Balaban J connectivity index is 3.34. The van der Waals surface area contributed by atoms with E-state index < -0.39 is 16.7 Å². The van der Waals surface area contributed by atoms with Gasteiger partial charge in [-0.1, -0.05) is 6.92 Å². The van der Waals surface area contributed by atoms with E-state index in [4.69, 9.17) is 0 Å². The lowest BCUT2D eigenvalue weighted by molar-refractivity contribution is -0.387. The third kappa shape index (κ3) is 2.94. The summed E-state index contributed by atoms with van der Waals surface area (Å²) in [4.78, 5) is 21.5. The second kappa shape index (κ2) is 5.62. The van der Waals surface area contributed by atoms with E-state index in [2.05, 4.69) is 4.74 Å². The largest absolute Gasteiger partial charge is 0.465 e. The van der Waals surface area contributed by atoms with Gasteiger partial charge in [0.1, 0.15) is 5.82 Å². The normalized spacial score (nSPS) is 10.1. The van der Waals surface area contributed by atoms with Gasteiger partial charge in [-0.15, -0.1) is 11.8 Å². The Kier molecular flexibility index (Phi) is 4.45. The van der Waals surface area contributed by atoms with Crippen LogP contribution in [0.3, 0.4) is 0 Å². The summed E-state index contributed by atoms with van der Waals surface area (Å²) in [6.07, 6.45) is 0. The molecule has 0 atom stereocenters. The Labute approximate surface area is 101 Å². The highest BCUT2D eigenvalue weighted by Crippen LogP contribution is 2.31. The fraction of sp³-hybridized carbons (Fsp3) is 0.300. The first-order valence-corrected chi connectivity index (χ1v) is 5.68. The molecule has 1 rings (SSSR count). The number of carbonyl (C=O) groups excluding carboxylic acids is 1. The lowest BCUT2D eigenvalue weighted by Crippen LogP contribution is -2.06. The van der Waals surface area contributed by atoms with E-state index in [1.165, 1.54) is 0 Å². The van der Waals surface area contributed by atoms with E-state index in [1.54, 1.807) is 6.92 Å². The highest BCUT2D eigenvalue weighted by molar-refractivity contribution is 7.99. The summed E-state index contributed by atoms with van der Waals surface area (Å²) in [6, 6.07) is 1.89. The van der Waals surface area contributed by atoms with Gasteiger partial charge in [-0.25, -0.2) is 9.18 Å². The highest BCUT2D eigenvalue weighted by Gasteiger charge is 2.22. The number of carbonyl (C=O) groups is 1. The lowest BCUT2D eigenvalue weighted by atomic mass is 10.2. The first kappa shape index (κ1) is 13.4. The molecule has 0 aliphatic heterocycles. The molecule has 0 saturated heterocycles. The van der Waals surface area contributed by atoms with Gasteiger partial charge in [-0.3, -0.25) is 10.1 Å². The van der Waals surface area contributed by atoms with Crippen molar-refractivity contribution in [3.05, 3.63) is 33.6 Å². The number of hydrogen-bond acceptors (Lipinski definition) is 5. The number of thioether (sulfide) groups is 1. The molecule has 1 aromatic carbocycles. The van der Waals surface area contributed by atoms with Crippen molar-refractivity contribution in [1.29, 1.82) is 0 Å². The maximum absolute atomic E-state index is 13.5. The molecule has 0 spiro atoms. The van der Waals surface area contributed by atoms with Crippen LogP contribution in [-0.4, -0.2) is 23.8 Å². The molecular formula is C10H10FNO4S. The molecule has 0 aliphatic rings. The Morgan fingerprint density at radius 1 is 1.59 bits per heavy atom. The second-order valence-electron chi connectivity index (χ2n) is 2.98. The molecule has 0 saturated carbocycles. The van der Waals surface area contributed by atoms with Gasteiger partial charge in [-0.2, -0.15) is 0 Å². The summed E-state index contributed by atoms with van der Waals surface area (Å²) >= 11 is 1.16. The number of nitrogens with zero attached hydrogens (tertiary/aromatic N) is 1. The average Bonchev–Trinajstić information content (AvgIpc) is 2.30. The number of rotatable bonds is 4. The monoisotopic (exact) mass is 259 g/mol. The third-order valence-electron chi connectivity index (χ3n) is 1.95.